The Hall–Kier alpha value is -0.380. The molecule has 3 nitrogen and oxygen atoms in total. The average Bonchev–Trinajstić information content (AvgIpc) is 2.33. The molecular formula is C13H28O3. The number of hydrogen-bond acceptors (Lipinski definition) is 3. The van der Waals surface area contributed by atoms with Crippen LogP contribution in [0.15, 0.2) is 12.7 Å². The van der Waals surface area contributed by atoms with E-state index in [4.69, 9.17) is 14.9 Å². The van der Waals surface area contributed by atoms with Crippen LogP contribution < -0.4 is 0 Å². The van der Waals surface area contributed by atoms with Crippen molar-refractivity contribution < 1.29 is 14.9 Å². The van der Waals surface area contributed by atoms with E-state index in [0.717, 1.165) is 6.61 Å². The Balaban J connectivity index is 0. The van der Waals surface area contributed by atoms with Gasteiger partial charge in [-0.25, -0.2) is 0 Å². The Morgan fingerprint density at radius 1 is 1.00 bits per heavy atom. The SMILES string of the molecule is C=CCOCCCCCCCC.OCCO. The third-order valence-corrected chi connectivity index (χ3v) is 1.98. The second-order valence-corrected chi connectivity index (χ2v) is 3.58. The van der Waals surface area contributed by atoms with Gasteiger partial charge in [-0.15, -0.1) is 6.58 Å². The molecule has 0 heterocycles. The molecule has 0 bridgehead atoms. The molecule has 0 rings (SSSR count). The zero-order chi connectivity index (χ0) is 12.5. The van der Waals surface area contributed by atoms with Crippen molar-refractivity contribution in [3.05, 3.63) is 12.7 Å². The van der Waals surface area contributed by atoms with Crippen LogP contribution in [0.25, 0.3) is 0 Å². The monoisotopic (exact) mass is 232 g/mol. The van der Waals surface area contributed by atoms with Crippen LogP contribution >= 0.6 is 0 Å². The van der Waals surface area contributed by atoms with E-state index in [9.17, 15) is 0 Å². The molecule has 0 saturated carbocycles. The lowest BCUT2D eigenvalue weighted by Crippen LogP contribution is -1.93. The second-order valence-electron chi connectivity index (χ2n) is 3.58. The summed E-state index contributed by atoms with van der Waals surface area (Å²) in [7, 11) is 0. The second kappa shape index (κ2) is 20.1. The summed E-state index contributed by atoms with van der Waals surface area (Å²) in [4.78, 5) is 0. The minimum absolute atomic E-state index is 0.125. The normalized spacial score (nSPS) is 9.44. The molecule has 0 radical (unpaired) electrons. The van der Waals surface area contributed by atoms with Crippen LogP contribution in [0.4, 0.5) is 0 Å². The Kier molecular flexibility index (Phi) is 22.6. The molecule has 0 aliphatic carbocycles. The molecule has 0 atom stereocenters. The van der Waals surface area contributed by atoms with Gasteiger partial charge in [0.25, 0.3) is 0 Å². The molecule has 0 aliphatic rings. The highest BCUT2D eigenvalue weighted by molar-refractivity contribution is 4.63. The molecule has 0 aromatic heterocycles. The van der Waals surface area contributed by atoms with Crippen LogP contribution in [0, 0.1) is 0 Å². The van der Waals surface area contributed by atoms with Gasteiger partial charge in [0.2, 0.25) is 0 Å². The van der Waals surface area contributed by atoms with E-state index in [2.05, 4.69) is 13.5 Å². The standard InChI is InChI=1S/C11H22O.C2H6O2/c1-3-5-6-7-8-9-11-12-10-4-2;3-1-2-4/h4H,2-3,5-11H2,1H3;3-4H,1-2H2. The molecule has 3 heteroatoms. The lowest BCUT2D eigenvalue weighted by Gasteiger charge is -2.00. The number of unbranched alkanes of at least 4 members (excludes halogenated alkanes) is 5. The van der Waals surface area contributed by atoms with Crippen molar-refractivity contribution in [2.75, 3.05) is 26.4 Å². The van der Waals surface area contributed by atoms with Gasteiger partial charge in [0.1, 0.15) is 0 Å². The van der Waals surface area contributed by atoms with E-state index in [1.807, 2.05) is 0 Å². The summed E-state index contributed by atoms with van der Waals surface area (Å²) >= 11 is 0. The highest BCUT2D eigenvalue weighted by Gasteiger charge is 1.89. The zero-order valence-corrected chi connectivity index (χ0v) is 10.7. The maximum atomic E-state index is 7.62. The van der Waals surface area contributed by atoms with Gasteiger partial charge < -0.3 is 14.9 Å². The Morgan fingerprint density at radius 2 is 1.56 bits per heavy atom. The van der Waals surface area contributed by atoms with Crippen molar-refractivity contribution in [1.29, 1.82) is 0 Å². The molecule has 0 aliphatic heterocycles. The molecule has 0 saturated heterocycles. The predicted molar refractivity (Wildman–Crippen MR) is 68.6 cm³/mol. The van der Waals surface area contributed by atoms with Crippen molar-refractivity contribution in [3.63, 3.8) is 0 Å². The summed E-state index contributed by atoms with van der Waals surface area (Å²) < 4.78 is 5.27. The maximum Gasteiger partial charge on any atom is 0.0662 e. The minimum atomic E-state index is -0.125. The fourth-order valence-corrected chi connectivity index (χ4v) is 1.15. The molecule has 0 spiro atoms. The van der Waals surface area contributed by atoms with Gasteiger partial charge in [0.15, 0.2) is 0 Å². The fourth-order valence-electron chi connectivity index (χ4n) is 1.15. The number of aliphatic hydroxyl groups is 2. The van der Waals surface area contributed by atoms with Gasteiger partial charge in [0.05, 0.1) is 19.8 Å². The van der Waals surface area contributed by atoms with Crippen LogP contribution in [-0.4, -0.2) is 36.6 Å². The zero-order valence-electron chi connectivity index (χ0n) is 10.7. The fraction of sp³-hybridized carbons (Fsp3) is 0.846. The van der Waals surface area contributed by atoms with Crippen molar-refractivity contribution in [2.24, 2.45) is 0 Å². The molecule has 0 unspecified atom stereocenters. The number of aliphatic hydroxyl groups excluding tert-OH is 2. The number of hydrogen-bond donors (Lipinski definition) is 2. The first-order valence-electron chi connectivity index (χ1n) is 6.23. The first-order chi connectivity index (χ1) is 7.83. The summed E-state index contributed by atoms with van der Waals surface area (Å²) in [6, 6.07) is 0. The largest absolute Gasteiger partial charge is 0.394 e. The van der Waals surface area contributed by atoms with E-state index in [0.29, 0.717) is 6.61 Å². The smallest absolute Gasteiger partial charge is 0.0662 e. The van der Waals surface area contributed by atoms with Crippen molar-refractivity contribution in [3.8, 4) is 0 Å². The Labute approximate surface area is 100 Å². The van der Waals surface area contributed by atoms with Gasteiger partial charge >= 0.3 is 0 Å². The third-order valence-electron chi connectivity index (χ3n) is 1.98. The average molecular weight is 232 g/mol. The van der Waals surface area contributed by atoms with Crippen molar-refractivity contribution in [2.45, 2.75) is 45.4 Å². The summed E-state index contributed by atoms with van der Waals surface area (Å²) in [5.41, 5.74) is 0. The van der Waals surface area contributed by atoms with E-state index < -0.39 is 0 Å². The lowest BCUT2D eigenvalue weighted by atomic mass is 10.1. The van der Waals surface area contributed by atoms with Crippen LogP contribution in [0.2, 0.25) is 0 Å². The third kappa shape index (κ3) is 23.4. The van der Waals surface area contributed by atoms with Gasteiger partial charge in [-0.05, 0) is 6.42 Å². The minimum Gasteiger partial charge on any atom is -0.394 e. The van der Waals surface area contributed by atoms with Gasteiger partial charge in [-0.3, -0.25) is 0 Å². The molecular weight excluding hydrogens is 204 g/mol. The van der Waals surface area contributed by atoms with Gasteiger partial charge in [-0.1, -0.05) is 45.1 Å². The lowest BCUT2D eigenvalue weighted by molar-refractivity contribution is 0.157. The van der Waals surface area contributed by atoms with E-state index in [1.165, 1.54) is 38.5 Å². The number of ether oxygens (including phenoxy) is 1. The first kappa shape index (κ1) is 18.0. The quantitative estimate of drug-likeness (QED) is 0.449. The maximum absolute atomic E-state index is 7.62. The molecule has 0 amide bonds. The van der Waals surface area contributed by atoms with Crippen LogP contribution in [0.1, 0.15) is 45.4 Å². The topological polar surface area (TPSA) is 49.7 Å². The predicted octanol–water partition coefficient (Wildman–Crippen LogP) is 2.52. The number of rotatable bonds is 10. The first-order valence-corrected chi connectivity index (χ1v) is 6.23. The Morgan fingerprint density at radius 3 is 2.06 bits per heavy atom. The van der Waals surface area contributed by atoms with E-state index >= 15 is 0 Å². The molecule has 0 aromatic rings. The summed E-state index contributed by atoms with van der Waals surface area (Å²) in [6.07, 6.45) is 9.79. The summed E-state index contributed by atoms with van der Waals surface area (Å²) in [6.45, 7) is 7.19. The van der Waals surface area contributed by atoms with Crippen LogP contribution in [0.5, 0.6) is 0 Å². The molecule has 2 N–H and O–H groups in total. The van der Waals surface area contributed by atoms with Crippen molar-refractivity contribution in [1.82, 2.24) is 0 Å². The Bertz CT molecular complexity index is 114. The summed E-state index contributed by atoms with van der Waals surface area (Å²) in [5, 5.41) is 15.2. The molecule has 0 fully saturated rings. The van der Waals surface area contributed by atoms with Gasteiger partial charge in [0, 0.05) is 6.61 Å². The molecule has 98 valence electrons. The van der Waals surface area contributed by atoms with Crippen molar-refractivity contribution >= 4 is 0 Å². The highest BCUT2D eigenvalue weighted by atomic mass is 16.5. The van der Waals surface area contributed by atoms with E-state index in [1.54, 1.807) is 6.08 Å². The molecule has 0 aromatic carbocycles. The summed E-state index contributed by atoms with van der Waals surface area (Å²) in [5.74, 6) is 0. The van der Waals surface area contributed by atoms with Crippen LogP contribution in [-0.2, 0) is 4.74 Å². The molecule has 16 heavy (non-hydrogen) atoms. The van der Waals surface area contributed by atoms with E-state index in [-0.39, 0.29) is 13.2 Å². The van der Waals surface area contributed by atoms with Crippen LogP contribution in [0.3, 0.4) is 0 Å². The highest BCUT2D eigenvalue weighted by Crippen LogP contribution is 2.04. The van der Waals surface area contributed by atoms with Gasteiger partial charge in [-0.2, -0.15) is 0 Å².